The van der Waals surface area contributed by atoms with Gasteiger partial charge in [-0.25, -0.2) is 0 Å². The molecule has 1 aliphatic carbocycles. The third-order valence-electron chi connectivity index (χ3n) is 1.36. The van der Waals surface area contributed by atoms with Crippen molar-refractivity contribution in [1.82, 2.24) is 0 Å². The number of hydrogen-bond acceptors (Lipinski definition) is 2. The Balaban J connectivity index is 2.58. The van der Waals surface area contributed by atoms with Crippen molar-refractivity contribution in [1.29, 1.82) is 0 Å². The summed E-state index contributed by atoms with van der Waals surface area (Å²) in [5.74, 6) is 0.926. The first kappa shape index (κ1) is 7.45. The largest absolute Gasteiger partial charge is 0.303 e. The maximum Gasteiger partial charge on any atom is 0.138 e. The van der Waals surface area contributed by atoms with E-state index in [1.807, 2.05) is 0 Å². The Morgan fingerprint density at radius 2 is 2.20 bits per heavy atom. The van der Waals surface area contributed by atoms with E-state index in [1.54, 1.807) is 19.3 Å². The van der Waals surface area contributed by atoms with E-state index in [1.165, 1.54) is 6.92 Å². The lowest BCUT2D eigenvalue weighted by Crippen LogP contribution is -2.13. The van der Waals surface area contributed by atoms with Crippen molar-refractivity contribution in [3.63, 3.8) is 0 Å². The van der Waals surface area contributed by atoms with Crippen LogP contribution >= 0.6 is 0 Å². The molecule has 2 nitrogen and oxygen atoms in total. The quantitative estimate of drug-likeness (QED) is 0.518. The maximum absolute atomic E-state index is 10.7. The lowest BCUT2D eigenvalue weighted by molar-refractivity contribution is -0.115. The highest BCUT2D eigenvalue weighted by molar-refractivity contribution is 6.04. The fraction of sp³-hybridized carbons (Fsp3) is 0.125. The smallest absolute Gasteiger partial charge is 0.138 e. The minimum atomic E-state index is -0.0629. The Bertz CT molecular complexity index is 151. The van der Waals surface area contributed by atoms with Crippen LogP contribution in [0.2, 0.25) is 0 Å². The normalized spacial score (nSPS) is 21.3. The first-order chi connectivity index (χ1) is 4.75. The number of hydrogen-bond donors (Lipinski definition) is 0. The van der Waals surface area contributed by atoms with Crippen LogP contribution in [0.1, 0.15) is 6.92 Å². The average Bonchev–Trinajstić information content (AvgIpc) is 2.33. The molecule has 10 heavy (non-hydrogen) atoms. The van der Waals surface area contributed by atoms with Gasteiger partial charge in [-0.2, -0.15) is 0 Å². The van der Waals surface area contributed by atoms with Gasteiger partial charge in [0.05, 0.1) is 11.8 Å². The summed E-state index contributed by atoms with van der Waals surface area (Å²) in [7, 11) is 0. The van der Waals surface area contributed by atoms with Crippen LogP contribution in [0.15, 0.2) is 0 Å². The fourth-order valence-electron chi connectivity index (χ4n) is 0.857. The van der Waals surface area contributed by atoms with Crippen molar-refractivity contribution in [2.45, 2.75) is 6.92 Å². The molecule has 1 rings (SSSR count). The Morgan fingerprint density at radius 1 is 1.50 bits per heavy atom. The fourth-order valence-corrected chi connectivity index (χ4v) is 0.857. The Morgan fingerprint density at radius 3 is 2.60 bits per heavy atom. The van der Waals surface area contributed by atoms with Crippen molar-refractivity contribution in [2.75, 3.05) is 0 Å². The van der Waals surface area contributed by atoms with Crippen LogP contribution in [0.3, 0.4) is 0 Å². The average molecular weight is 135 g/mol. The summed E-state index contributed by atoms with van der Waals surface area (Å²) in [6.45, 7) is 1.45. The Kier molecular flexibility index (Phi) is 2.20. The molecule has 1 aliphatic rings. The minimum absolute atomic E-state index is 0.0629. The molecular formula is C8H7O2. The molecule has 0 spiro atoms. The molecule has 1 saturated carbocycles. The second kappa shape index (κ2) is 2.95. The van der Waals surface area contributed by atoms with Crippen LogP contribution < -0.4 is 0 Å². The van der Waals surface area contributed by atoms with Gasteiger partial charge in [0.2, 0.25) is 0 Å². The Hall–Kier alpha value is -0.660. The van der Waals surface area contributed by atoms with Crippen LogP contribution in [0, 0.1) is 31.1 Å². The van der Waals surface area contributed by atoms with Gasteiger partial charge in [-0.3, -0.25) is 4.79 Å². The molecule has 5 radical (unpaired) electrons. The highest BCUT2D eigenvalue weighted by atomic mass is 16.1. The van der Waals surface area contributed by atoms with Gasteiger partial charge in [-0.1, -0.05) is 0 Å². The molecule has 0 heterocycles. The van der Waals surface area contributed by atoms with Crippen LogP contribution in [-0.4, -0.2) is 12.1 Å². The molecule has 1 fully saturated rings. The van der Waals surface area contributed by atoms with Crippen LogP contribution in [-0.2, 0) is 9.59 Å². The molecule has 0 amide bonds. The molecule has 0 bridgehead atoms. The van der Waals surface area contributed by atoms with E-state index < -0.39 is 0 Å². The van der Waals surface area contributed by atoms with Gasteiger partial charge in [-0.15, -0.1) is 0 Å². The SMILES string of the molecule is CC(=O)[C]1[CH][CH][CH][C]1C=O. The van der Waals surface area contributed by atoms with E-state index in [0.717, 1.165) is 0 Å². The highest BCUT2D eigenvalue weighted by Gasteiger charge is 2.32. The van der Waals surface area contributed by atoms with Gasteiger partial charge in [-0.05, 0) is 26.2 Å². The topological polar surface area (TPSA) is 34.1 Å². The molecule has 0 aliphatic heterocycles. The predicted molar refractivity (Wildman–Crippen MR) is 36.1 cm³/mol. The molecule has 0 aromatic rings. The molecule has 2 heteroatoms. The summed E-state index contributed by atoms with van der Waals surface area (Å²) in [5, 5.41) is 0. The van der Waals surface area contributed by atoms with Crippen molar-refractivity contribution < 1.29 is 9.59 Å². The summed E-state index contributed by atoms with van der Waals surface area (Å²) in [6.07, 6.45) is 5.66. The van der Waals surface area contributed by atoms with E-state index in [-0.39, 0.29) is 5.78 Å². The first-order valence-corrected chi connectivity index (χ1v) is 2.97. The number of aldehydes is 1. The first-order valence-electron chi connectivity index (χ1n) is 2.97. The number of ketones is 1. The standard InChI is InChI=1S/C8H7O2/c1-6(10)8-4-2-3-7(8)5-9/h2-5H,1H3. The molecule has 0 N–H and O–H groups in total. The van der Waals surface area contributed by atoms with Crippen LogP contribution in [0.4, 0.5) is 0 Å². The van der Waals surface area contributed by atoms with E-state index in [0.29, 0.717) is 18.1 Å². The van der Waals surface area contributed by atoms with Gasteiger partial charge in [0.1, 0.15) is 12.1 Å². The van der Waals surface area contributed by atoms with Crippen molar-refractivity contribution in [3.8, 4) is 0 Å². The maximum atomic E-state index is 10.7. The lowest BCUT2D eigenvalue weighted by Gasteiger charge is -2.05. The minimum Gasteiger partial charge on any atom is -0.303 e. The third kappa shape index (κ3) is 1.25. The Labute approximate surface area is 60.6 Å². The molecule has 0 atom stereocenters. The summed E-state index contributed by atoms with van der Waals surface area (Å²) in [5.41, 5.74) is 0. The van der Waals surface area contributed by atoms with E-state index >= 15 is 0 Å². The van der Waals surface area contributed by atoms with Crippen molar-refractivity contribution in [2.24, 2.45) is 0 Å². The summed E-state index contributed by atoms with van der Waals surface area (Å²) in [4.78, 5) is 21.0. The number of Topliss-reactive ketones (excluding diaryl/α,β-unsaturated/α-hetero) is 1. The zero-order valence-electron chi connectivity index (χ0n) is 5.63. The number of rotatable bonds is 2. The summed E-state index contributed by atoms with van der Waals surface area (Å²) in [6, 6.07) is 0. The third-order valence-corrected chi connectivity index (χ3v) is 1.36. The van der Waals surface area contributed by atoms with Gasteiger partial charge in [0, 0.05) is 0 Å². The monoisotopic (exact) mass is 135 g/mol. The molecule has 0 saturated heterocycles. The highest BCUT2D eigenvalue weighted by Crippen LogP contribution is 2.31. The van der Waals surface area contributed by atoms with Gasteiger partial charge < -0.3 is 4.79 Å². The van der Waals surface area contributed by atoms with Crippen LogP contribution in [0.5, 0.6) is 0 Å². The van der Waals surface area contributed by atoms with E-state index in [2.05, 4.69) is 0 Å². The predicted octanol–water partition coefficient (Wildman–Crippen LogP) is 0.550. The molecule has 0 aromatic heterocycles. The summed E-state index contributed by atoms with van der Waals surface area (Å²) < 4.78 is 0. The zero-order valence-corrected chi connectivity index (χ0v) is 5.63. The molecule has 0 unspecified atom stereocenters. The van der Waals surface area contributed by atoms with E-state index in [9.17, 15) is 9.59 Å². The van der Waals surface area contributed by atoms with Gasteiger partial charge in [0.15, 0.2) is 0 Å². The van der Waals surface area contributed by atoms with Gasteiger partial charge in [0.25, 0.3) is 0 Å². The second-order valence-corrected chi connectivity index (χ2v) is 2.07. The van der Waals surface area contributed by atoms with Crippen molar-refractivity contribution >= 4 is 12.1 Å². The molecule has 0 aromatic carbocycles. The molecular weight excluding hydrogens is 128 g/mol. The van der Waals surface area contributed by atoms with Crippen LogP contribution in [0.25, 0.3) is 0 Å². The lowest BCUT2D eigenvalue weighted by atomic mass is 9.94. The number of carbonyl (C=O) groups excluding carboxylic acids is 2. The van der Waals surface area contributed by atoms with Crippen molar-refractivity contribution in [3.05, 3.63) is 31.1 Å². The van der Waals surface area contributed by atoms with Gasteiger partial charge >= 0.3 is 0 Å². The number of carbonyl (C=O) groups is 2. The summed E-state index contributed by atoms with van der Waals surface area (Å²) >= 11 is 0. The van der Waals surface area contributed by atoms with E-state index in [4.69, 9.17) is 0 Å². The molecule has 51 valence electrons. The zero-order chi connectivity index (χ0) is 7.56. The second-order valence-electron chi connectivity index (χ2n) is 2.07.